The maximum Gasteiger partial charge on any atom is 0.326 e. The van der Waals surface area contributed by atoms with Crippen LogP contribution in [-0.4, -0.2) is 80.5 Å². The number of primary amides is 1. The van der Waals surface area contributed by atoms with Crippen LogP contribution in [0.2, 0.25) is 0 Å². The van der Waals surface area contributed by atoms with E-state index >= 15 is 0 Å². The molecular formula is C26H38N8O7. The standard InChI is InChI=1S/C26H38N8O7/c27-10-2-1-3-18(28)23(37)33-20(12-16-13-30-14-31-16)25(39)32-19(8-9-22(29)36)24(38)34-21(26(40)41)11-15-4-6-17(35)7-5-15/h4-7,13-14,18-21,35H,1-3,8-12,27-28H2,(H2,29,36)(H,30,31)(H,32,39)(H,33,37)(H,34,38)(H,40,41). The van der Waals surface area contributed by atoms with E-state index in [1.807, 2.05) is 0 Å². The van der Waals surface area contributed by atoms with Crippen molar-refractivity contribution in [3.8, 4) is 5.75 Å². The number of phenolic OH excluding ortho intramolecular Hbond substituents is 1. The molecule has 0 aliphatic carbocycles. The van der Waals surface area contributed by atoms with Gasteiger partial charge in [-0.2, -0.15) is 0 Å². The summed E-state index contributed by atoms with van der Waals surface area (Å²) in [4.78, 5) is 69.3. The van der Waals surface area contributed by atoms with Crippen LogP contribution in [0.1, 0.15) is 43.4 Å². The van der Waals surface area contributed by atoms with Gasteiger partial charge in [-0.05, 0) is 43.5 Å². The Morgan fingerprint density at radius 3 is 2.10 bits per heavy atom. The molecule has 41 heavy (non-hydrogen) atoms. The highest BCUT2D eigenvalue weighted by Crippen LogP contribution is 2.12. The Balaban J connectivity index is 2.19. The highest BCUT2D eigenvalue weighted by molar-refractivity contribution is 5.94. The summed E-state index contributed by atoms with van der Waals surface area (Å²) in [5, 5.41) is 26.6. The minimum absolute atomic E-state index is 0.00724. The number of carboxylic acid groups (broad SMARTS) is 1. The van der Waals surface area contributed by atoms with Crippen molar-refractivity contribution in [2.75, 3.05) is 6.54 Å². The number of nitrogens with zero attached hydrogens (tertiary/aromatic N) is 1. The summed E-state index contributed by atoms with van der Waals surface area (Å²) >= 11 is 0. The fourth-order valence-corrected chi connectivity index (χ4v) is 3.91. The maximum absolute atomic E-state index is 13.3. The number of unbranched alkanes of at least 4 members (excludes halogenated alkanes) is 1. The summed E-state index contributed by atoms with van der Waals surface area (Å²) in [6.45, 7) is 0.450. The van der Waals surface area contributed by atoms with Gasteiger partial charge in [-0.1, -0.05) is 18.6 Å². The van der Waals surface area contributed by atoms with Crippen LogP contribution in [-0.2, 0) is 36.8 Å². The van der Waals surface area contributed by atoms with E-state index in [9.17, 15) is 34.2 Å². The van der Waals surface area contributed by atoms with Crippen molar-refractivity contribution in [2.45, 2.75) is 69.1 Å². The highest BCUT2D eigenvalue weighted by Gasteiger charge is 2.31. The summed E-state index contributed by atoms with van der Waals surface area (Å²) < 4.78 is 0. The van der Waals surface area contributed by atoms with Gasteiger partial charge in [-0.15, -0.1) is 0 Å². The number of imidazole rings is 1. The zero-order valence-electron chi connectivity index (χ0n) is 22.5. The predicted molar refractivity (Wildman–Crippen MR) is 147 cm³/mol. The Bertz CT molecular complexity index is 1160. The van der Waals surface area contributed by atoms with Crippen LogP contribution in [0.15, 0.2) is 36.8 Å². The molecular weight excluding hydrogens is 536 g/mol. The van der Waals surface area contributed by atoms with Crippen molar-refractivity contribution in [2.24, 2.45) is 17.2 Å². The lowest BCUT2D eigenvalue weighted by Gasteiger charge is -2.25. The number of carbonyl (C=O) groups excluding carboxylic acids is 4. The van der Waals surface area contributed by atoms with E-state index < -0.39 is 53.8 Å². The van der Waals surface area contributed by atoms with E-state index in [1.54, 1.807) is 0 Å². The van der Waals surface area contributed by atoms with Gasteiger partial charge in [0.1, 0.15) is 23.9 Å². The fourth-order valence-electron chi connectivity index (χ4n) is 3.91. The first-order chi connectivity index (χ1) is 19.5. The molecule has 0 aliphatic rings. The van der Waals surface area contributed by atoms with Crippen molar-refractivity contribution in [1.29, 1.82) is 0 Å². The summed E-state index contributed by atoms with van der Waals surface area (Å²) in [6.07, 6.45) is 3.88. The van der Waals surface area contributed by atoms with Crippen LogP contribution >= 0.6 is 0 Å². The lowest BCUT2D eigenvalue weighted by atomic mass is 10.0. The van der Waals surface area contributed by atoms with E-state index in [4.69, 9.17) is 17.2 Å². The number of phenols is 1. The third kappa shape index (κ3) is 11.6. The van der Waals surface area contributed by atoms with Crippen LogP contribution in [0.4, 0.5) is 0 Å². The van der Waals surface area contributed by atoms with E-state index in [-0.39, 0.29) is 31.4 Å². The number of aromatic nitrogens is 2. The molecule has 224 valence electrons. The van der Waals surface area contributed by atoms with Gasteiger partial charge in [0.25, 0.3) is 0 Å². The Hall–Kier alpha value is -4.50. The molecule has 0 saturated heterocycles. The molecule has 15 nitrogen and oxygen atoms in total. The summed E-state index contributed by atoms with van der Waals surface area (Å²) in [7, 11) is 0. The number of hydrogen-bond donors (Lipinski definition) is 9. The van der Waals surface area contributed by atoms with Gasteiger partial charge >= 0.3 is 5.97 Å². The second kappa shape index (κ2) is 16.6. The molecule has 4 atom stereocenters. The van der Waals surface area contributed by atoms with Gasteiger partial charge in [0.2, 0.25) is 23.6 Å². The lowest BCUT2D eigenvalue weighted by Crippen LogP contribution is -2.58. The molecule has 1 aromatic heterocycles. The summed E-state index contributed by atoms with van der Waals surface area (Å²) in [6, 6.07) is 0.959. The number of aromatic hydroxyl groups is 1. The van der Waals surface area contributed by atoms with Gasteiger partial charge in [-0.3, -0.25) is 19.2 Å². The first-order valence-electron chi connectivity index (χ1n) is 13.1. The molecule has 15 heteroatoms. The quantitative estimate of drug-likeness (QED) is 0.0897. The van der Waals surface area contributed by atoms with E-state index in [2.05, 4.69) is 25.9 Å². The third-order valence-electron chi connectivity index (χ3n) is 6.22. The minimum atomic E-state index is -1.38. The van der Waals surface area contributed by atoms with E-state index in [0.29, 0.717) is 37.1 Å². The van der Waals surface area contributed by atoms with Crippen LogP contribution in [0.25, 0.3) is 0 Å². The highest BCUT2D eigenvalue weighted by atomic mass is 16.4. The molecule has 2 rings (SSSR count). The first kappa shape index (κ1) is 32.7. The molecule has 0 spiro atoms. The number of hydrogen-bond acceptors (Lipinski definition) is 9. The molecule has 2 aromatic rings. The number of carbonyl (C=O) groups is 5. The average molecular weight is 575 g/mol. The van der Waals surface area contributed by atoms with Gasteiger partial charge in [0.05, 0.1) is 12.4 Å². The van der Waals surface area contributed by atoms with Crippen LogP contribution in [0, 0.1) is 0 Å². The van der Waals surface area contributed by atoms with Crippen LogP contribution in [0.3, 0.4) is 0 Å². The number of nitrogens with two attached hydrogens (primary N) is 3. The Kier molecular flexibility index (Phi) is 13.2. The van der Waals surface area contributed by atoms with Crippen molar-refractivity contribution >= 4 is 29.6 Å². The average Bonchev–Trinajstić information content (AvgIpc) is 3.44. The molecule has 4 unspecified atom stereocenters. The van der Waals surface area contributed by atoms with Gasteiger partial charge < -0.3 is 48.3 Å². The van der Waals surface area contributed by atoms with Crippen molar-refractivity contribution in [1.82, 2.24) is 25.9 Å². The SMILES string of the molecule is NCCCCC(N)C(=O)NC(Cc1cnc[nH]1)C(=O)NC(CCC(N)=O)C(=O)NC(Cc1ccc(O)cc1)C(=O)O. The second-order valence-electron chi connectivity index (χ2n) is 9.57. The zero-order valence-corrected chi connectivity index (χ0v) is 22.5. The molecule has 12 N–H and O–H groups in total. The van der Waals surface area contributed by atoms with Crippen molar-refractivity contribution < 1.29 is 34.2 Å². The minimum Gasteiger partial charge on any atom is -0.508 e. The number of benzene rings is 1. The van der Waals surface area contributed by atoms with Crippen LogP contribution in [0.5, 0.6) is 5.75 Å². The van der Waals surface area contributed by atoms with E-state index in [0.717, 1.165) is 0 Å². The first-order valence-corrected chi connectivity index (χ1v) is 13.1. The fraction of sp³-hybridized carbons (Fsp3) is 0.462. The summed E-state index contributed by atoms with van der Waals surface area (Å²) in [5.74, 6) is -4.29. The lowest BCUT2D eigenvalue weighted by molar-refractivity contribution is -0.142. The molecule has 1 aromatic carbocycles. The van der Waals surface area contributed by atoms with Gasteiger partial charge in [0.15, 0.2) is 0 Å². The zero-order chi connectivity index (χ0) is 30.4. The normalized spacial score (nSPS) is 13.8. The van der Waals surface area contributed by atoms with Gasteiger partial charge in [-0.25, -0.2) is 9.78 Å². The Morgan fingerprint density at radius 2 is 1.51 bits per heavy atom. The molecule has 0 bridgehead atoms. The number of aromatic amines is 1. The van der Waals surface area contributed by atoms with Gasteiger partial charge in [0, 0.05) is 31.2 Å². The monoisotopic (exact) mass is 574 g/mol. The molecule has 0 aliphatic heterocycles. The molecule has 1 heterocycles. The smallest absolute Gasteiger partial charge is 0.326 e. The molecule has 0 radical (unpaired) electrons. The van der Waals surface area contributed by atoms with Crippen molar-refractivity contribution in [3.05, 3.63) is 48.0 Å². The van der Waals surface area contributed by atoms with Crippen molar-refractivity contribution in [3.63, 3.8) is 0 Å². The number of carboxylic acids is 1. The molecule has 0 fully saturated rings. The summed E-state index contributed by atoms with van der Waals surface area (Å²) in [5.41, 5.74) is 17.7. The Labute approximate surface area is 236 Å². The number of amides is 4. The Morgan fingerprint density at radius 1 is 0.878 bits per heavy atom. The number of nitrogens with one attached hydrogen (secondary N) is 4. The maximum atomic E-state index is 13.3. The van der Waals surface area contributed by atoms with E-state index in [1.165, 1.54) is 36.8 Å². The topological polar surface area (TPSA) is 269 Å². The number of aliphatic carboxylic acids is 1. The van der Waals surface area contributed by atoms with Crippen LogP contribution < -0.4 is 33.2 Å². The molecule has 0 saturated carbocycles. The predicted octanol–water partition coefficient (Wildman–Crippen LogP) is -1.84. The largest absolute Gasteiger partial charge is 0.508 e. The second-order valence-corrected chi connectivity index (χ2v) is 9.57. The molecule has 4 amide bonds. The third-order valence-corrected chi connectivity index (χ3v) is 6.22. The number of H-pyrrole nitrogens is 1. The number of rotatable bonds is 18.